The minimum atomic E-state index is -0.409. The van der Waals surface area contributed by atoms with Crippen LogP contribution in [0.15, 0.2) is 24.3 Å². The Kier molecular flexibility index (Phi) is 5.74. The van der Waals surface area contributed by atoms with Crippen LogP contribution in [0.4, 0.5) is 0 Å². The first kappa shape index (κ1) is 14.9. The molecular weight excluding hydrogens is 266 g/mol. The maximum absolute atomic E-state index is 11.4. The van der Waals surface area contributed by atoms with Crippen molar-refractivity contribution in [3.8, 4) is 5.75 Å². The van der Waals surface area contributed by atoms with E-state index in [1.54, 1.807) is 12.1 Å². The maximum Gasteiger partial charge on any atom is 0.276 e. The predicted octanol–water partition coefficient (Wildman–Crippen LogP) is 0.416. The van der Waals surface area contributed by atoms with Crippen LogP contribution >= 0.6 is 12.2 Å². The molecule has 0 heterocycles. The third-order valence-electron chi connectivity index (χ3n) is 2.00. The molecule has 2 amide bonds. The molecule has 6 nitrogen and oxygen atoms in total. The van der Waals surface area contributed by atoms with Gasteiger partial charge >= 0.3 is 0 Å². The van der Waals surface area contributed by atoms with E-state index in [-0.39, 0.29) is 17.6 Å². The average molecular weight is 281 g/mol. The van der Waals surface area contributed by atoms with Gasteiger partial charge in [0, 0.05) is 6.92 Å². The van der Waals surface area contributed by atoms with Crippen molar-refractivity contribution in [3.05, 3.63) is 29.8 Å². The van der Waals surface area contributed by atoms with Crippen LogP contribution < -0.4 is 20.9 Å². The number of hydrogen-bond acceptors (Lipinski definition) is 4. The van der Waals surface area contributed by atoms with Crippen molar-refractivity contribution in [1.82, 2.24) is 16.2 Å². The summed E-state index contributed by atoms with van der Waals surface area (Å²) in [5, 5.41) is 2.33. The highest BCUT2D eigenvalue weighted by Gasteiger charge is 2.04. The van der Waals surface area contributed by atoms with Gasteiger partial charge in [0.1, 0.15) is 5.75 Å². The van der Waals surface area contributed by atoms with Crippen molar-refractivity contribution in [2.75, 3.05) is 6.61 Å². The number of carbonyl (C=O) groups excluding carboxylic acids is 2. The van der Waals surface area contributed by atoms with Crippen molar-refractivity contribution in [2.24, 2.45) is 0 Å². The first-order valence-corrected chi connectivity index (χ1v) is 5.94. The summed E-state index contributed by atoms with van der Waals surface area (Å²) in [5.74, 6) is -0.124. The topological polar surface area (TPSA) is 79.5 Å². The molecule has 1 aromatic rings. The van der Waals surface area contributed by atoms with Crippen LogP contribution in [0.5, 0.6) is 5.75 Å². The number of rotatable bonds is 3. The maximum atomic E-state index is 11.4. The van der Waals surface area contributed by atoms with E-state index in [9.17, 15) is 9.59 Å². The minimum absolute atomic E-state index is 0.0242. The molecule has 0 unspecified atom stereocenters. The zero-order valence-electron chi connectivity index (χ0n) is 10.6. The molecule has 3 N–H and O–H groups in total. The van der Waals surface area contributed by atoms with Crippen molar-refractivity contribution < 1.29 is 14.3 Å². The monoisotopic (exact) mass is 281 g/mol. The van der Waals surface area contributed by atoms with Crippen LogP contribution in [-0.4, -0.2) is 23.5 Å². The van der Waals surface area contributed by atoms with E-state index >= 15 is 0 Å². The second kappa shape index (κ2) is 7.32. The highest BCUT2D eigenvalue weighted by molar-refractivity contribution is 7.80. The van der Waals surface area contributed by atoms with Gasteiger partial charge in [0.25, 0.3) is 5.91 Å². The Morgan fingerprint density at radius 1 is 1.21 bits per heavy atom. The molecule has 19 heavy (non-hydrogen) atoms. The smallest absolute Gasteiger partial charge is 0.276 e. The lowest BCUT2D eigenvalue weighted by Gasteiger charge is -2.10. The summed E-state index contributed by atoms with van der Waals surface area (Å²) in [6, 6.07) is 7.32. The summed E-state index contributed by atoms with van der Waals surface area (Å²) in [7, 11) is 0. The van der Waals surface area contributed by atoms with E-state index < -0.39 is 5.91 Å². The zero-order chi connectivity index (χ0) is 14.3. The van der Waals surface area contributed by atoms with Gasteiger partial charge in [0.05, 0.1) is 0 Å². The lowest BCUT2D eigenvalue weighted by Crippen LogP contribution is -2.49. The van der Waals surface area contributed by atoms with Crippen LogP contribution in [0.25, 0.3) is 0 Å². The highest BCUT2D eigenvalue weighted by Crippen LogP contribution is 2.10. The Hall–Kier alpha value is -2.15. The Bertz CT molecular complexity index is 474. The number of amides is 2. The molecule has 0 saturated heterocycles. The SMILES string of the molecule is CC(=O)NC(=S)NNC(=O)COc1ccc(C)cc1. The van der Waals surface area contributed by atoms with E-state index in [1.165, 1.54) is 6.92 Å². The Morgan fingerprint density at radius 3 is 2.42 bits per heavy atom. The summed E-state index contributed by atoms with van der Waals surface area (Å²) in [6.45, 7) is 3.12. The Morgan fingerprint density at radius 2 is 1.84 bits per heavy atom. The fraction of sp³-hybridized carbons (Fsp3) is 0.250. The molecule has 7 heteroatoms. The van der Waals surface area contributed by atoms with Gasteiger partial charge in [-0.25, -0.2) is 0 Å². The van der Waals surface area contributed by atoms with Gasteiger partial charge in [-0.3, -0.25) is 20.4 Å². The van der Waals surface area contributed by atoms with Gasteiger partial charge in [0.15, 0.2) is 11.7 Å². The second-order valence-corrected chi connectivity index (χ2v) is 4.19. The first-order valence-electron chi connectivity index (χ1n) is 5.53. The molecule has 102 valence electrons. The Labute approximate surface area is 116 Å². The third kappa shape index (κ3) is 6.37. The normalized spacial score (nSPS) is 9.37. The Balaban J connectivity index is 2.26. The second-order valence-electron chi connectivity index (χ2n) is 3.79. The molecule has 0 radical (unpaired) electrons. The van der Waals surface area contributed by atoms with Gasteiger partial charge in [-0.15, -0.1) is 0 Å². The first-order chi connectivity index (χ1) is 8.97. The molecule has 0 atom stereocenters. The molecular formula is C12H15N3O3S. The fourth-order valence-electron chi connectivity index (χ4n) is 1.14. The number of nitrogens with one attached hydrogen (secondary N) is 3. The van der Waals surface area contributed by atoms with Crippen molar-refractivity contribution in [3.63, 3.8) is 0 Å². The molecule has 0 aromatic heterocycles. The van der Waals surface area contributed by atoms with Crippen LogP contribution in [0.1, 0.15) is 12.5 Å². The highest BCUT2D eigenvalue weighted by atomic mass is 32.1. The quantitative estimate of drug-likeness (QED) is 0.552. The van der Waals surface area contributed by atoms with Gasteiger partial charge in [-0.1, -0.05) is 17.7 Å². The van der Waals surface area contributed by atoms with Gasteiger partial charge < -0.3 is 10.1 Å². The molecule has 0 aliphatic carbocycles. The van der Waals surface area contributed by atoms with E-state index in [0.717, 1.165) is 5.56 Å². The number of hydrazine groups is 1. The van der Waals surface area contributed by atoms with Crippen LogP contribution in [0, 0.1) is 6.92 Å². The lowest BCUT2D eigenvalue weighted by atomic mass is 10.2. The number of benzene rings is 1. The van der Waals surface area contributed by atoms with E-state index in [2.05, 4.69) is 16.2 Å². The summed E-state index contributed by atoms with van der Waals surface area (Å²) in [5.41, 5.74) is 5.79. The van der Waals surface area contributed by atoms with Gasteiger partial charge in [0.2, 0.25) is 5.91 Å². The fourth-order valence-corrected chi connectivity index (χ4v) is 1.33. The van der Waals surface area contributed by atoms with Gasteiger partial charge in [-0.2, -0.15) is 0 Å². The van der Waals surface area contributed by atoms with Crippen LogP contribution in [-0.2, 0) is 9.59 Å². The predicted molar refractivity (Wildman–Crippen MR) is 74.4 cm³/mol. The van der Waals surface area contributed by atoms with Crippen molar-refractivity contribution in [2.45, 2.75) is 13.8 Å². The zero-order valence-corrected chi connectivity index (χ0v) is 11.5. The standard InChI is InChI=1S/C12H15N3O3S/c1-8-3-5-10(6-4-8)18-7-11(17)14-15-12(19)13-9(2)16/h3-6H,7H2,1-2H3,(H,14,17)(H2,13,15,16,19). The number of carbonyl (C=O) groups is 2. The average Bonchev–Trinajstić information content (AvgIpc) is 2.35. The number of ether oxygens (including phenoxy) is 1. The van der Waals surface area contributed by atoms with Crippen LogP contribution in [0.2, 0.25) is 0 Å². The molecule has 0 bridgehead atoms. The van der Waals surface area contributed by atoms with E-state index in [1.807, 2.05) is 19.1 Å². The number of thiocarbonyl (C=S) groups is 1. The number of aryl methyl sites for hydroxylation is 1. The molecule has 0 aliphatic heterocycles. The summed E-state index contributed by atoms with van der Waals surface area (Å²) in [4.78, 5) is 22.1. The van der Waals surface area contributed by atoms with Crippen molar-refractivity contribution >= 4 is 29.1 Å². The minimum Gasteiger partial charge on any atom is -0.484 e. The molecule has 0 aliphatic rings. The molecule has 1 rings (SSSR count). The summed E-state index contributed by atoms with van der Waals surface area (Å²) >= 11 is 4.74. The molecule has 0 fully saturated rings. The number of hydrogen-bond donors (Lipinski definition) is 3. The van der Waals surface area contributed by atoms with Crippen molar-refractivity contribution in [1.29, 1.82) is 0 Å². The molecule has 0 saturated carbocycles. The summed E-state index contributed by atoms with van der Waals surface area (Å²) in [6.07, 6.45) is 0. The molecule has 1 aromatic carbocycles. The van der Waals surface area contributed by atoms with E-state index in [4.69, 9.17) is 17.0 Å². The van der Waals surface area contributed by atoms with E-state index in [0.29, 0.717) is 5.75 Å². The lowest BCUT2D eigenvalue weighted by molar-refractivity contribution is -0.124. The van der Waals surface area contributed by atoms with Crippen LogP contribution in [0.3, 0.4) is 0 Å². The summed E-state index contributed by atoms with van der Waals surface area (Å²) < 4.78 is 5.25. The third-order valence-corrected chi connectivity index (χ3v) is 2.20. The molecule has 0 spiro atoms. The van der Waals surface area contributed by atoms with Gasteiger partial charge in [-0.05, 0) is 31.3 Å². The largest absolute Gasteiger partial charge is 0.484 e.